The van der Waals surface area contributed by atoms with Crippen molar-refractivity contribution < 1.29 is 0 Å². The molecule has 5 nitrogen and oxygen atoms in total. The molecule has 2 aliphatic rings. The highest BCUT2D eigenvalue weighted by molar-refractivity contribution is 5.60. The molecule has 27 heavy (non-hydrogen) atoms. The predicted octanol–water partition coefficient (Wildman–Crippen LogP) is 4.18. The predicted molar refractivity (Wildman–Crippen MR) is 110 cm³/mol. The first-order valence-electron chi connectivity index (χ1n) is 10.1. The zero-order chi connectivity index (χ0) is 19.1. The van der Waals surface area contributed by atoms with E-state index in [1.807, 2.05) is 18.4 Å². The van der Waals surface area contributed by atoms with E-state index in [0.29, 0.717) is 12.7 Å². The van der Waals surface area contributed by atoms with E-state index in [0.717, 1.165) is 29.6 Å². The lowest BCUT2D eigenvalue weighted by molar-refractivity contribution is 0.107. The molecule has 0 N–H and O–H groups in total. The van der Waals surface area contributed by atoms with Crippen LogP contribution in [0.3, 0.4) is 0 Å². The molecule has 1 fully saturated rings. The summed E-state index contributed by atoms with van der Waals surface area (Å²) in [6.07, 6.45) is 6.36. The van der Waals surface area contributed by atoms with Gasteiger partial charge in [-0.2, -0.15) is 0 Å². The maximum absolute atomic E-state index is 13.0. The van der Waals surface area contributed by atoms with Gasteiger partial charge >= 0.3 is 0 Å². The van der Waals surface area contributed by atoms with Gasteiger partial charge in [0.25, 0.3) is 5.56 Å². The van der Waals surface area contributed by atoms with E-state index in [4.69, 9.17) is 4.98 Å². The van der Waals surface area contributed by atoms with Crippen LogP contribution < -0.4 is 10.5 Å². The van der Waals surface area contributed by atoms with Crippen LogP contribution in [0.15, 0.2) is 23.0 Å². The van der Waals surface area contributed by atoms with Gasteiger partial charge in [0.2, 0.25) is 5.95 Å². The number of hydrogen-bond donors (Lipinski definition) is 0. The lowest BCUT2D eigenvalue weighted by Gasteiger charge is -2.43. The summed E-state index contributed by atoms with van der Waals surface area (Å²) in [4.78, 5) is 22.5. The highest BCUT2D eigenvalue weighted by atomic mass is 16.1. The third kappa shape index (κ3) is 3.29. The maximum atomic E-state index is 13.0. The second kappa shape index (κ2) is 7.12. The van der Waals surface area contributed by atoms with Crippen LogP contribution in [0.5, 0.6) is 0 Å². The third-order valence-electron chi connectivity index (χ3n) is 6.40. The van der Waals surface area contributed by atoms with Gasteiger partial charge in [-0.1, -0.05) is 25.3 Å². The zero-order valence-corrected chi connectivity index (χ0v) is 17.0. The van der Waals surface area contributed by atoms with E-state index in [9.17, 15) is 4.79 Å². The average Bonchev–Trinajstić information content (AvgIpc) is 2.68. The molecule has 2 aromatic rings. The summed E-state index contributed by atoms with van der Waals surface area (Å²) in [5.74, 6) is 0.776. The Morgan fingerprint density at radius 1 is 0.963 bits per heavy atom. The van der Waals surface area contributed by atoms with Gasteiger partial charge in [-0.25, -0.2) is 4.98 Å². The largest absolute Gasteiger partial charge is 0.298 e. The number of rotatable bonds is 2. The number of aryl methyl sites for hydroxylation is 3. The lowest BCUT2D eigenvalue weighted by atomic mass is 9.94. The molecule has 4 rings (SSSR count). The summed E-state index contributed by atoms with van der Waals surface area (Å²) in [7, 11) is 0. The van der Waals surface area contributed by atoms with E-state index in [-0.39, 0.29) is 5.56 Å². The number of fused-ring (bicyclic) bond motifs is 1. The molecule has 0 spiro atoms. The monoisotopic (exact) mass is 366 g/mol. The van der Waals surface area contributed by atoms with Gasteiger partial charge in [0.1, 0.15) is 0 Å². The quantitative estimate of drug-likeness (QED) is 0.800. The summed E-state index contributed by atoms with van der Waals surface area (Å²) >= 11 is 0. The molecule has 1 aromatic carbocycles. The molecule has 0 radical (unpaired) electrons. The number of aromatic nitrogens is 2. The fraction of sp³-hybridized carbons (Fsp3) is 0.545. The first-order valence-corrected chi connectivity index (χ1v) is 10.1. The highest BCUT2D eigenvalue weighted by Gasteiger charge is 2.31. The van der Waals surface area contributed by atoms with Crippen molar-refractivity contribution in [1.29, 1.82) is 0 Å². The average molecular weight is 367 g/mol. The number of hydrogen-bond acceptors (Lipinski definition) is 4. The van der Waals surface area contributed by atoms with Gasteiger partial charge in [-0.05, 0) is 63.8 Å². The molecule has 1 aromatic heterocycles. The van der Waals surface area contributed by atoms with Gasteiger partial charge < -0.3 is 0 Å². The first kappa shape index (κ1) is 18.2. The van der Waals surface area contributed by atoms with Gasteiger partial charge in [-0.3, -0.25) is 19.2 Å². The van der Waals surface area contributed by atoms with Gasteiger partial charge in [0, 0.05) is 23.0 Å². The van der Waals surface area contributed by atoms with E-state index < -0.39 is 0 Å². The summed E-state index contributed by atoms with van der Waals surface area (Å²) < 4.78 is 1.87. The maximum Gasteiger partial charge on any atom is 0.259 e. The Bertz CT molecular complexity index is 911. The molecule has 144 valence electrons. The second-order valence-corrected chi connectivity index (χ2v) is 8.22. The second-order valence-electron chi connectivity index (χ2n) is 8.22. The zero-order valence-electron chi connectivity index (χ0n) is 17.0. The van der Waals surface area contributed by atoms with Crippen molar-refractivity contribution in [3.8, 4) is 0 Å². The lowest BCUT2D eigenvalue weighted by Crippen LogP contribution is -2.51. The minimum absolute atomic E-state index is 0.0897. The third-order valence-corrected chi connectivity index (χ3v) is 6.40. The van der Waals surface area contributed by atoms with Crippen LogP contribution >= 0.6 is 0 Å². The van der Waals surface area contributed by atoms with Crippen LogP contribution in [0.1, 0.15) is 54.5 Å². The van der Waals surface area contributed by atoms with E-state index in [2.05, 4.69) is 41.8 Å². The standard InChI is InChI=1S/C22H30N4O/c1-15-10-11-20(12-16(15)2)25-13-24(19-8-6-5-7-9-19)14-26-21(27)17(3)18(4)23-22(25)26/h10-12,19H,5-9,13-14H2,1-4H3. The molecule has 5 heteroatoms. The van der Waals surface area contributed by atoms with Crippen molar-refractivity contribution in [2.24, 2.45) is 0 Å². The molecule has 0 amide bonds. The van der Waals surface area contributed by atoms with Gasteiger partial charge in [0.15, 0.2) is 0 Å². The van der Waals surface area contributed by atoms with Crippen LogP contribution in [0.25, 0.3) is 0 Å². The minimum atomic E-state index is 0.0897. The van der Waals surface area contributed by atoms with Crippen LogP contribution in [0.2, 0.25) is 0 Å². The Labute approximate surface area is 161 Å². The molecule has 1 aliphatic carbocycles. The van der Waals surface area contributed by atoms with Crippen molar-refractivity contribution in [2.75, 3.05) is 11.6 Å². The number of benzene rings is 1. The smallest absolute Gasteiger partial charge is 0.259 e. The van der Waals surface area contributed by atoms with Crippen LogP contribution in [-0.4, -0.2) is 27.2 Å². The van der Waals surface area contributed by atoms with E-state index >= 15 is 0 Å². The molecule has 2 heterocycles. The van der Waals surface area contributed by atoms with Gasteiger partial charge in [-0.15, -0.1) is 0 Å². The number of nitrogens with zero attached hydrogens (tertiary/aromatic N) is 4. The molecule has 0 bridgehead atoms. The summed E-state index contributed by atoms with van der Waals surface area (Å²) in [5, 5.41) is 0. The van der Waals surface area contributed by atoms with E-state index in [1.54, 1.807) is 0 Å². The number of anilines is 2. The van der Waals surface area contributed by atoms with Crippen LogP contribution in [0.4, 0.5) is 11.6 Å². The normalized spacial score (nSPS) is 18.6. The minimum Gasteiger partial charge on any atom is -0.298 e. The molecular weight excluding hydrogens is 336 g/mol. The van der Waals surface area contributed by atoms with Crippen molar-refractivity contribution in [3.05, 3.63) is 50.9 Å². The van der Waals surface area contributed by atoms with Crippen molar-refractivity contribution in [1.82, 2.24) is 14.5 Å². The van der Waals surface area contributed by atoms with Crippen molar-refractivity contribution in [2.45, 2.75) is 72.5 Å². The fourth-order valence-corrected chi connectivity index (χ4v) is 4.31. The van der Waals surface area contributed by atoms with Crippen molar-refractivity contribution in [3.63, 3.8) is 0 Å². The van der Waals surface area contributed by atoms with Gasteiger partial charge in [0.05, 0.1) is 13.3 Å². The Morgan fingerprint density at radius 2 is 1.70 bits per heavy atom. The summed E-state index contributed by atoms with van der Waals surface area (Å²) in [5.41, 5.74) is 5.33. The van der Waals surface area contributed by atoms with Crippen LogP contribution in [0, 0.1) is 27.7 Å². The Balaban J connectivity index is 1.81. The Kier molecular flexibility index (Phi) is 4.81. The molecule has 1 saturated carbocycles. The first-order chi connectivity index (χ1) is 13.0. The molecule has 1 aliphatic heterocycles. The molecular formula is C22H30N4O. The Hall–Kier alpha value is -2.14. The summed E-state index contributed by atoms with van der Waals surface area (Å²) in [6, 6.07) is 7.08. The van der Waals surface area contributed by atoms with Crippen molar-refractivity contribution >= 4 is 11.6 Å². The highest BCUT2D eigenvalue weighted by Crippen LogP contribution is 2.32. The fourth-order valence-electron chi connectivity index (χ4n) is 4.31. The topological polar surface area (TPSA) is 41.4 Å². The molecule has 0 atom stereocenters. The molecule has 0 unspecified atom stereocenters. The molecule has 0 saturated heterocycles. The van der Waals surface area contributed by atoms with E-state index in [1.165, 1.54) is 43.2 Å². The Morgan fingerprint density at radius 3 is 2.41 bits per heavy atom. The van der Waals surface area contributed by atoms with Crippen LogP contribution in [-0.2, 0) is 6.67 Å². The SMILES string of the molecule is Cc1ccc(N2CN(C3CCCCC3)Cn3c2nc(C)c(C)c3=O)cc1C. The summed E-state index contributed by atoms with van der Waals surface area (Å²) in [6.45, 7) is 9.54.